The summed E-state index contributed by atoms with van der Waals surface area (Å²) in [5.41, 5.74) is 3.76. The van der Waals surface area contributed by atoms with Gasteiger partial charge in [0.2, 0.25) is 0 Å². The lowest BCUT2D eigenvalue weighted by molar-refractivity contribution is -0.0182. The Bertz CT molecular complexity index is 883. The quantitative estimate of drug-likeness (QED) is 0.695. The van der Waals surface area contributed by atoms with Crippen LogP contribution in [0.2, 0.25) is 0 Å². The molecule has 150 valence electrons. The Morgan fingerprint density at radius 2 is 2.00 bits per heavy atom. The van der Waals surface area contributed by atoms with Gasteiger partial charge in [-0.15, -0.1) is 0 Å². The summed E-state index contributed by atoms with van der Waals surface area (Å²) in [5, 5.41) is 0. The first-order chi connectivity index (χ1) is 13.5. The number of benzene rings is 1. The standard InChI is InChI=1S/C22H26FNO4/c1-14-8-20(15(2)24(14)19-6-4-3-5-7-19)22(25)27-12-17-10-18(23)9-16-11-26-13-28-21(16)17/h8-10,19H,3-7,11-13H2,1-2H3. The molecule has 0 bridgehead atoms. The molecule has 0 spiro atoms. The van der Waals surface area contributed by atoms with Gasteiger partial charge in [-0.05, 0) is 44.9 Å². The Kier molecular flexibility index (Phi) is 5.40. The van der Waals surface area contributed by atoms with Crippen molar-refractivity contribution in [2.75, 3.05) is 6.79 Å². The van der Waals surface area contributed by atoms with Crippen molar-refractivity contribution >= 4 is 5.97 Å². The van der Waals surface area contributed by atoms with Crippen molar-refractivity contribution in [3.63, 3.8) is 0 Å². The number of aryl methyl sites for hydroxylation is 1. The normalized spacial score (nSPS) is 17.1. The molecule has 2 heterocycles. The molecule has 0 saturated heterocycles. The van der Waals surface area contributed by atoms with Crippen LogP contribution in [0.4, 0.5) is 4.39 Å². The number of ether oxygens (including phenoxy) is 3. The van der Waals surface area contributed by atoms with Gasteiger partial charge in [0.15, 0.2) is 6.79 Å². The van der Waals surface area contributed by atoms with Crippen molar-refractivity contribution in [3.05, 3.63) is 52.1 Å². The minimum atomic E-state index is -0.394. The molecule has 1 aromatic carbocycles. The zero-order valence-corrected chi connectivity index (χ0v) is 16.4. The van der Waals surface area contributed by atoms with Gasteiger partial charge in [-0.1, -0.05) is 19.3 Å². The Hall–Kier alpha value is -2.34. The second-order valence-corrected chi connectivity index (χ2v) is 7.69. The Morgan fingerprint density at radius 1 is 1.21 bits per heavy atom. The first kappa shape index (κ1) is 19.0. The molecule has 2 aliphatic rings. The molecule has 0 amide bonds. The molecule has 0 unspecified atom stereocenters. The summed E-state index contributed by atoms with van der Waals surface area (Å²) in [5.74, 6) is -0.234. The van der Waals surface area contributed by atoms with Gasteiger partial charge in [0.1, 0.15) is 18.2 Å². The van der Waals surface area contributed by atoms with Crippen molar-refractivity contribution in [3.8, 4) is 5.75 Å². The van der Waals surface area contributed by atoms with E-state index in [4.69, 9.17) is 14.2 Å². The van der Waals surface area contributed by atoms with Crippen LogP contribution in [-0.2, 0) is 22.7 Å². The molecule has 1 aliphatic heterocycles. The van der Waals surface area contributed by atoms with Crippen molar-refractivity contribution in [2.24, 2.45) is 0 Å². The van der Waals surface area contributed by atoms with E-state index in [2.05, 4.69) is 4.57 Å². The molecule has 28 heavy (non-hydrogen) atoms. The Morgan fingerprint density at radius 3 is 2.79 bits per heavy atom. The highest BCUT2D eigenvalue weighted by molar-refractivity contribution is 5.91. The second kappa shape index (κ2) is 7.95. The van der Waals surface area contributed by atoms with E-state index in [1.54, 1.807) is 0 Å². The number of nitrogens with zero attached hydrogens (tertiary/aromatic N) is 1. The molecule has 4 rings (SSSR count). The van der Waals surface area contributed by atoms with E-state index in [9.17, 15) is 9.18 Å². The maximum atomic E-state index is 13.9. The number of fused-ring (bicyclic) bond motifs is 1. The summed E-state index contributed by atoms with van der Waals surface area (Å²) in [7, 11) is 0. The zero-order valence-electron chi connectivity index (χ0n) is 16.4. The van der Waals surface area contributed by atoms with Gasteiger partial charge in [0.25, 0.3) is 0 Å². The van der Waals surface area contributed by atoms with Crippen LogP contribution >= 0.6 is 0 Å². The summed E-state index contributed by atoms with van der Waals surface area (Å²) < 4.78 is 32.4. The molecule has 0 N–H and O–H groups in total. The maximum Gasteiger partial charge on any atom is 0.340 e. The van der Waals surface area contributed by atoms with Crippen LogP contribution in [0.15, 0.2) is 18.2 Å². The van der Waals surface area contributed by atoms with E-state index in [1.165, 1.54) is 31.4 Å². The first-order valence-corrected chi connectivity index (χ1v) is 9.92. The molecule has 1 saturated carbocycles. The number of carbonyl (C=O) groups is 1. The van der Waals surface area contributed by atoms with Crippen molar-refractivity contribution in [2.45, 2.75) is 65.2 Å². The van der Waals surface area contributed by atoms with Crippen molar-refractivity contribution in [1.82, 2.24) is 4.57 Å². The summed E-state index contributed by atoms with van der Waals surface area (Å²) in [6, 6.07) is 5.09. The van der Waals surface area contributed by atoms with E-state index < -0.39 is 5.82 Å². The average molecular weight is 387 g/mol. The van der Waals surface area contributed by atoms with Gasteiger partial charge >= 0.3 is 5.97 Å². The Balaban J connectivity index is 1.51. The topological polar surface area (TPSA) is 49.7 Å². The minimum Gasteiger partial charge on any atom is -0.467 e. The molecule has 1 fully saturated rings. The molecule has 0 radical (unpaired) electrons. The largest absolute Gasteiger partial charge is 0.467 e. The lowest BCUT2D eigenvalue weighted by atomic mass is 9.95. The van der Waals surface area contributed by atoms with E-state index in [0.29, 0.717) is 28.5 Å². The van der Waals surface area contributed by atoms with Gasteiger partial charge in [-0.3, -0.25) is 0 Å². The fraction of sp³-hybridized carbons (Fsp3) is 0.500. The van der Waals surface area contributed by atoms with Gasteiger partial charge in [0.05, 0.1) is 12.2 Å². The number of esters is 1. The number of aromatic nitrogens is 1. The van der Waals surface area contributed by atoms with Crippen LogP contribution in [0.1, 0.15) is 71.0 Å². The molecule has 6 heteroatoms. The second-order valence-electron chi connectivity index (χ2n) is 7.69. The number of carbonyl (C=O) groups excluding carboxylic acids is 1. The Labute approximate surface area is 164 Å². The summed E-state index contributed by atoms with van der Waals surface area (Å²) in [4.78, 5) is 12.7. The summed E-state index contributed by atoms with van der Waals surface area (Å²) in [6.45, 7) is 4.38. The number of hydrogen-bond donors (Lipinski definition) is 0. The average Bonchev–Trinajstić information content (AvgIpc) is 3.00. The lowest BCUT2D eigenvalue weighted by Gasteiger charge is -2.26. The first-order valence-electron chi connectivity index (χ1n) is 9.92. The van der Waals surface area contributed by atoms with E-state index in [-0.39, 0.29) is 26.0 Å². The highest BCUT2D eigenvalue weighted by Crippen LogP contribution is 2.33. The monoisotopic (exact) mass is 387 g/mol. The van der Waals surface area contributed by atoms with Crippen LogP contribution in [-0.4, -0.2) is 17.3 Å². The van der Waals surface area contributed by atoms with Crippen molar-refractivity contribution in [1.29, 1.82) is 0 Å². The highest BCUT2D eigenvalue weighted by atomic mass is 19.1. The van der Waals surface area contributed by atoms with Gasteiger partial charge in [-0.2, -0.15) is 0 Å². The van der Waals surface area contributed by atoms with Crippen LogP contribution < -0.4 is 4.74 Å². The molecule has 1 aromatic heterocycles. The smallest absolute Gasteiger partial charge is 0.340 e. The molecule has 2 aromatic rings. The molecular formula is C22H26FNO4. The SMILES string of the molecule is Cc1cc(C(=O)OCc2cc(F)cc3c2OCOC3)c(C)n1C1CCCCC1. The summed E-state index contributed by atoms with van der Waals surface area (Å²) in [6.07, 6.45) is 6.06. The highest BCUT2D eigenvalue weighted by Gasteiger charge is 2.24. The van der Waals surface area contributed by atoms with Crippen LogP contribution in [0, 0.1) is 19.7 Å². The number of halogens is 1. The third-order valence-electron chi connectivity index (χ3n) is 5.75. The molecule has 1 aliphatic carbocycles. The molecular weight excluding hydrogens is 361 g/mol. The van der Waals surface area contributed by atoms with Crippen LogP contribution in [0.5, 0.6) is 5.75 Å². The zero-order chi connectivity index (χ0) is 19.7. The van der Waals surface area contributed by atoms with Crippen molar-refractivity contribution < 1.29 is 23.4 Å². The number of rotatable bonds is 4. The number of hydrogen-bond acceptors (Lipinski definition) is 4. The summed E-state index contributed by atoms with van der Waals surface area (Å²) >= 11 is 0. The van der Waals surface area contributed by atoms with Crippen LogP contribution in [0.3, 0.4) is 0 Å². The van der Waals surface area contributed by atoms with Gasteiger partial charge in [-0.25, -0.2) is 9.18 Å². The third kappa shape index (κ3) is 3.65. The predicted molar refractivity (Wildman–Crippen MR) is 102 cm³/mol. The van der Waals surface area contributed by atoms with E-state index in [1.807, 2.05) is 19.9 Å². The van der Waals surface area contributed by atoms with Gasteiger partial charge < -0.3 is 18.8 Å². The van der Waals surface area contributed by atoms with E-state index in [0.717, 1.165) is 24.2 Å². The lowest BCUT2D eigenvalue weighted by Crippen LogP contribution is -2.16. The fourth-order valence-corrected chi connectivity index (χ4v) is 4.47. The third-order valence-corrected chi connectivity index (χ3v) is 5.75. The maximum absolute atomic E-state index is 13.9. The molecule has 0 atom stereocenters. The minimum absolute atomic E-state index is 0.0357. The van der Waals surface area contributed by atoms with E-state index >= 15 is 0 Å². The van der Waals surface area contributed by atoms with Gasteiger partial charge in [0, 0.05) is 28.6 Å². The fourth-order valence-electron chi connectivity index (χ4n) is 4.47. The van der Waals surface area contributed by atoms with Crippen LogP contribution in [0.25, 0.3) is 0 Å². The molecule has 5 nitrogen and oxygen atoms in total. The predicted octanol–water partition coefficient (Wildman–Crippen LogP) is 4.97.